The second-order valence-electron chi connectivity index (χ2n) is 5.15. The Balaban J connectivity index is 2.21. The second kappa shape index (κ2) is 4.60. The van der Waals surface area contributed by atoms with Gasteiger partial charge in [-0.3, -0.25) is 0 Å². The molecule has 3 aromatic rings. The maximum Gasteiger partial charge on any atom is 0.0927 e. The van der Waals surface area contributed by atoms with Crippen LogP contribution in [0.3, 0.4) is 0 Å². The lowest BCUT2D eigenvalue weighted by Gasteiger charge is -1.93. The Morgan fingerprint density at radius 3 is 1.39 bits per heavy atom. The average Bonchev–Trinajstić information content (AvgIpc) is 2.87. The fourth-order valence-electron chi connectivity index (χ4n) is 2.06. The van der Waals surface area contributed by atoms with Crippen molar-refractivity contribution < 1.29 is 0 Å². The van der Waals surface area contributed by atoms with Crippen LogP contribution in [-0.4, -0.2) is 17.6 Å². The highest BCUT2D eigenvalue weighted by Gasteiger charge is 2.11. The van der Waals surface area contributed by atoms with Crippen LogP contribution in [0.25, 0.3) is 20.2 Å². The largest absolute Gasteiger partial charge is 0.145 e. The van der Waals surface area contributed by atoms with Crippen LogP contribution in [0.4, 0.5) is 0 Å². The molecule has 0 unspecified atom stereocenters. The van der Waals surface area contributed by atoms with Gasteiger partial charge in [-0.2, -0.15) is 0 Å². The smallest absolute Gasteiger partial charge is 0.0927 e. The van der Waals surface area contributed by atoms with Crippen LogP contribution >= 0.6 is 22.7 Å². The van der Waals surface area contributed by atoms with E-state index in [9.17, 15) is 0 Å². The van der Waals surface area contributed by atoms with Crippen molar-refractivity contribution in [3.63, 3.8) is 0 Å². The molecule has 2 aromatic heterocycles. The van der Waals surface area contributed by atoms with Crippen LogP contribution in [0.15, 0.2) is 24.3 Å². The first-order valence-corrected chi connectivity index (χ1v) is 12.8. The molecule has 0 nitrogen and oxygen atoms in total. The Hall–Kier alpha value is -0.426. The molecule has 0 bridgehead atoms. The van der Waals surface area contributed by atoms with Gasteiger partial charge in [0.05, 0.1) is 17.6 Å². The highest BCUT2D eigenvalue weighted by atomic mass is 32.1. The third-order valence-corrected chi connectivity index (χ3v) is 10.3. The van der Waals surface area contributed by atoms with E-state index in [0.29, 0.717) is 0 Å². The summed E-state index contributed by atoms with van der Waals surface area (Å²) in [6, 6.07) is 9.62. The van der Waals surface area contributed by atoms with Crippen molar-refractivity contribution in [1.82, 2.24) is 0 Å². The molecule has 0 amide bonds. The van der Waals surface area contributed by atoms with Gasteiger partial charge in [-0.1, -0.05) is 26.2 Å². The number of hydrogen-bond acceptors (Lipinski definition) is 2. The van der Waals surface area contributed by atoms with Gasteiger partial charge in [-0.05, 0) is 44.0 Å². The Labute approximate surface area is 119 Å². The SMILES string of the molecule is C[Si](C)c1cc2cc3sc([Si](C)C)cc3cc2s1. The minimum absolute atomic E-state index is 0.310. The van der Waals surface area contributed by atoms with E-state index in [2.05, 4.69) is 50.5 Å². The van der Waals surface area contributed by atoms with Gasteiger partial charge in [0, 0.05) is 9.40 Å². The van der Waals surface area contributed by atoms with Crippen molar-refractivity contribution in [2.45, 2.75) is 26.2 Å². The van der Waals surface area contributed by atoms with Crippen molar-refractivity contribution in [2.75, 3.05) is 0 Å². The van der Waals surface area contributed by atoms with Crippen molar-refractivity contribution in [1.29, 1.82) is 0 Å². The first-order valence-electron chi connectivity index (χ1n) is 6.13. The molecular weight excluding hydrogens is 288 g/mol. The lowest BCUT2D eigenvalue weighted by molar-refractivity contribution is 1.98. The van der Waals surface area contributed by atoms with E-state index in [1.807, 2.05) is 22.7 Å². The van der Waals surface area contributed by atoms with E-state index >= 15 is 0 Å². The maximum atomic E-state index is 2.41. The molecular formula is C14H16S2Si2. The van der Waals surface area contributed by atoms with Crippen molar-refractivity contribution in [3.05, 3.63) is 24.3 Å². The summed E-state index contributed by atoms with van der Waals surface area (Å²) in [6.07, 6.45) is 0. The zero-order valence-electron chi connectivity index (χ0n) is 11.1. The number of thiophene rings is 2. The van der Waals surface area contributed by atoms with E-state index in [0.717, 1.165) is 0 Å². The molecule has 1 aromatic carbocycles. The minimum Gasteiger partial charge on any atom is -0.145 e. The first kappa shape index (κ1) is 12.6. The molecule has 0 spiro atoms. The Kier molecular flexibility index (Phi) is 3.22. The second-order valence-corrected chi connectivity index (χ2v) is 13.1. The third-order valence-electron chi connectivity index (χ3n) is 3.14. The van der Waals surface area contributed by atoms with Crippen molar-refractivity contribution in [2.24, 2.45) is 0 Å². The summed E-state index contributed by atoms with van der Waals surface area (Å²) >= 11 is 3.99. The molecule has 0 saturated heterocycles. The monoisotopic (exact) mass is 304 g/mol. The van der Waals surface area contributed by atoms with Gasteiger partial charge in [0.15, 0.2) is 0 Å². The third kappa shape index (κ3) is 2.11. The predicted molar refractivity (Wildman–Crippen MR) is 91.4 cm³/mol. The molecule has 0 atom stereocenters. The van der Waals surface area contributed by atoms with Gasteiger partial charge in [0.1, 0.15) is 0 Å². The van der Waals surface area contributed by atoms with Crippen molar-refractivity contribution in [3.8, 4) is 0 Å². The first-order chi connectivity index (χ1) is 8.54. The molecule has 0 aliphatic carbocycles. The molecule has 4 heteroatoms. The average molecular weight is 305 g/mol. The van der Waals surface area contributed by atoms with E-state index in [-0.39, 0.29) is 17.6 Å². The van der Waals surface area contributed by atoms with E-state index < -0.39 is 0 Å². The normalized spacial score (nSPS) is 12.3. The number of benzene rings is 1. The summed E-state index contributed by atoms with van der Waals surface area (Å²) in [5.41, 5.74) is 0. The lowest BCUT2D eigenvalue weighted by atomic mass is 10.2. The highest BCUT2D eigenvalue weighted by molar-refractivity contribution is 7.30. The molecule has 0 saturated carbocycles. The van der Waals surface area contributed by atoms with Gasteiger partial charge in [0.2, 0.25) is 0 Å². The Morgan fingerprint density at radius 2 is 1.06 bits per heavy atom. The Bertz CT molecular complexity index is 598. The molecule has 18 heavy (non-hydrogen) atoms. The minimum atomic E-state index is -0.310. The van der Waals surface area contributed by atoms with Gasteiger partial charge >= 0.3 is 0 Å². The number of fused-ring (bicyclic) bond motifs is 2. The molecule has 3 rings (SSSR count). The van der Waals surface area contributed by atoms with E-state index in [1.165, 1.54) is 20.2 Å². The van der Waals surface area contributed by atoms with Crippen LogP contribution in [0.5, 0.6) is 0 Å². The highest BCUT2D eigenvalue weighted by Crippen LogP contribution is 2.28. The van der Waals surface area contributed by atoms with Crippen LogP contribution in [0.2, 0.25) is 26.2 Å². The molecule has 2 heterocycles. The molecule has 92 valence electrons. The van der Waals surface area contributed by atoms with Gasteiger partial charge in [-0.15, -0.1) is 22.7 Å². The zero-order chi connectivity index (χ0) is 12.9. The fourth-order valence-corrected chi connectivity index (χ4v) is 6.93. The summed E-state index contributed by atoms with van der Waals surface area (Å²) in [5.74, 6) is 0. The van der Waals surface area contributed by atoms with E-state index in [1.54, 1.807) is 9.00 Å². The summed E-state index contributed by atoms with van der Waals surface area (Å²) in [6.45, 7) is 9.49. The topological polar surface area (TPSA) is 0 Å². The number of hydrogen-bond donors (Lipinski definition) is 0. The standard InChI is InChI=1S/C14H16S2Si2/c1-17(2)13-7-9-5-12-10(6-11(9)15-13)8-14(16-12)18(3)4/h5-8H,1-4H3. The fraction of sp³-hybridized carbons (Fsp3) is 0.286. The summed E-state index contributed by atoms with van der Waals surface area (Å²) in [7, 11) is -0.619. The van der Waals surface area contributed by atoms with Crippen LogP contribution in [-0.2, 0) is 0 Å². The summed E-state index contributed by atoms with van der Waals surface area (Å²) < 4.78 is 6.13. The number of rotatable bonds is 2. The van der Waals surface area contributed by atoms with Crippen LogP contribution in [0.1, 0.15) is 0 Å². The zero-order valence-corrected chi connectivity index (χ0v) is 14.8. The van der Waals surface area contributed by atoms with Gasteiger partial charge in [-0.25, -0.2) is 0 Å². The molecule has 0 aliphatic heterocycles. The predicted octanol–water partition coefficient (Wildman–Crippen LogP) is 4.04. The molecule has 2 radical (unpaired) electrons. The van der Waals surface area contributed by atoms with Gasteiger partial charge < -0.3 is 0 Å². The van der Waals surface area contributed by atoms with Crippen LogP contribution < -0.4 is 9.00 Å². The molecule has 0 N–H and O–H groups in total. The maximum absolute atomic E-state index is 2.41. The summed E-state index contributed by atoms with van der Waals surface area (Å²) in [5, 5.41) is 2.89. The van der Waals surface area contributed by atoms with E-state index in [4.69, 9.17) is 0 Å². The van der Waals surface area contributed by atoms with Crippen LogP contribution in [0, 0.1) is 0 Å². The lowest BCUT2D eigenvalue weighted by Crippen LogP contribution is -2.17. The Morgan fingerprint density at radius 1 is 0.667 bits per heavy atom. The van der Waals surface area contributed by atoms with Crippen molar-refractivity contribution >= 4 is 69.4 Å². The molecule has 0 fully saturated rings. The summed E-state index contributed by atoms with van der Waals surface area (Å²) in [4.78, 5) is 0. The quantitative estimate of drug-likeness (QED) is 0.627. The molecule has 0 aliphatic rings. The van der Waals surface area contributed by atoms with Gasteiger partial charge in [0.25, 0.3) is 0 Å².